The molecule has 2 aliphatic heterocycles. The number of fused-ring (bicyclic) bond motifs is 1. The fourth-order valence-electron chi connectivity index (χ4n) is 4.45. The molecule has 1 N–H and O–H groups in total. The van der Waals surface area contributed by atoms with Gasteiger partial charge in [0.2, 0.25) is 5.72 Å². The van der Waals surface area contributed by atoms with Gasteiger partial charge in [-0.1, -0.05) is 34.1 Å². The van der Waals surface area contributed by atoms with Crippen LogP contribution in [0.25, 0.3) is 0 Å². The number of benzene rings is 1. The van der Waals surface area contributed by atoms with Gasteiger partial charge in [-0.3, -0.25) is 0 Å². The number of allylic oxidation sites excluding steroid dienone is 2. The molecule has 2 atom stereocenters. The van der Waals surface area contributed by atoms with E-state index in [1.165, 1.54) is 16.8 Å². The third-order valence-corrected chi connectivity index (χ3v) is 6.90. The third-order valence-electron chi connectivity index (χ3n) is 5.96. The van der Waals surface area contributed by atoms with Crippen molar-refractivity contribution in [2.24, 2.45) is 0 Å². The first-order chi connectivity index (χ1) is 12.3. The normalized spacial score (nSPS) is 28.8. The zero-order valence-electron chi connectivity index (χ0n) is 15.2. The number of hydrogen-bond donors (Lipinski definition) is 1. The standard InChI is InChI=1S/C21H23BrClNO2/c1-20(2)17-5-4-13(11-22)8-18(17)24(3)21(20)7-6-14-9-16(25)10-15(12-23)19(14)26-21/h4-8,10,16,25H,9,11-12H2,1-3H3. The monoisotopic (exact) mass is 435 g/mol. The van der Waals surface area contributed by atoms with E-state index in [-0.39, 0.29) is 5.41 Å². The van der Waals surface area contributed by atoms with E-state index in [0.717, 1.165) is 22.2 Å². The van der Waals surface area contributed by atoms with Crippen LogP contribution in [0.15, 0.2) is 53.3 Å². The number of likely N-dealkylation sites (N-methyl/N-ethyl adjacent to an activating group) is 1. The van der Waals surface area contributed by atoms with Crippen LogP contribution in [0, 0.1) is 0 Å². The second-order valence-corrected chi connectivity index (χ2v) is 8.58. The highest BCUT2D eigenvalue weighted by Crippen LogP contribution is 2.55. The van der Waals surface area contributed by atoms with E-state index in [2.05, 4.69) is 72.1 Å². The Morgan fingerprint density at radius 3 is 2.85 bits per heavy atom. The van der Waals surface area contributed by atoms with Gasteiger partial charge in [0.15, 0.2) is 0 Å². The van der Waals surface area contributed by atoms with Crippen molar-refractivity contribution in [3.63, 3.8) is 0 Å². The molecular formula is C21H23BrClNO2. The molecule has 4 rings (SSSR count). The molecule has 5 heteroatoms. The van der Waals surface area contributed by atoms with E-state index >= 15 is 0 Å². The second kappa shape index (κ2) is 6.15. The van der Waals surface area contributed by atoms with Gasteiger partial charge in [-0.2, -0.15) is 0 Å². The minimum absolute atomic E-state index is 0.246. The Labute approximate surface area is 168 Å². The number of hydrogen-bond acceptors (Lipinski definition) is 3. The molecule has 3 aliphatic rings. The fourth-order valence-corrected chi connectivity index (χ4v) is 5.01. The summed E-state index contributed by atoms with van der Waals surface area (Å²) in [6.07, 6.45) is 6.13. The summed E-state index contributed by atoms with van der Waals surface area (Å²) < 4.78 is 6.72. The zero-order valence-corrected chi connectivity index (χ0v) is 17.6. The molecule has 138 valence electrons. The molecule has 0 radical (unpaired) electrons. The number of rotatable bonds is 2. The van der Waals surface area contributed by atoms with Gasteiger partial charge in [-0.05, 0) is 48.8 Å². The van der Waals surface area contributed by atoms with Crippen LogP contribution in [0.4, 0.5) is 5.69 Å². The van der Waals surface area contributed by atoms with Crippen molar-refractivity contribution < 1.29 is 9.84 Å². The molecule has 2 heterocycles. The summed E-state index contributed by atoms with van der Waals surface area (Å²) >= 11 is 9.71. The Morgan fingerprint density at radius 2 is 2.15 bits per heavy atom. The van der Waals surface area contributed by atoms with Crippen molar-refractivity contribution in [1.29, 1.82) is 0 Å². The van der Waals surface area contributed by atoms with Crippen molar-refractivity contribution in [2.45, 2.75) is 42.8 Å². The number of nitrogens with zero attached hydrogens (tertiary/aromatic N) is 1. The van der Waals surface area contributed by atoms with Crippen LogP contribution in [-0.2, 0) is 15.5 Å². The molecule has 2 unspecified atom stereocenters. The Morgan fingerprint density at radius 1 is 1.38 bits per heavy atom. The molecule has 0 aromatic heterocycles. The predicted molar refractivity (Wildman–Crippen MR) is 110 cm³/mol. The van der Waals surface area contributed by atoms with Gasteiger partial charge >= 0.3 is 0 Å². The topological polar surface area (TPSA) is 32.7 Å². The van der Waals surface area contributed by atoms with Crippen LogP contribution in [-0.4, -0.2) is 29.9 Å². The summed E-state index contributed by atoms with van der Waals surface area (Å²) in [5, 5.41) is 10.9. The maximum absolute atomic E-state index is 10.1. The Hall–Kier alpha value is -1.23. The lowest BCUT2D eigenvalue weighted by atomic mass is 9.75. The second-order valence-electron chi connectivity index (χ2n) is 7.75. The van der Waals surface area contributed by atoms with Crippen molar-refractivity contribution in [1.82, 2.24) is 0 Å². The number of aliphatic hydroxyl groups is 1. The highest BCUT2D eigenvalue weighted by atomic mass is 79.9. The van der Waals surface area contributed by atoms with Crippen LogP contribution in [0.3, 0.4) is 0 Å². The van der Waals surface area contributed by atoms with E-state index in [1.54, 1.807) is 0 Å². The van der Waals surface area contributed by atoms with Gasteiger partial charge in [0, 0.05) is 30.1 Å². The zero-order chi connectivity index (χ0) is 18.7. The lowest BCUT2D eigenvalue weighted by Crippen LogP contribution is -2.56. The first-order valence-corrected chi connectivity index (χ1v) is 10.5. The van der Waals surface area contributed by atoms with Gasteiger partial charge in [0.05, 0.1) is 17.4 Å². The number of halogens is 2. The van der Waals surface area contributed by atoms with Gasteiger partial charge < -0.3 is 14.7 Å². The maximum atomic E-state index is 10.1. The largest absolute Gasteiger partial charge is 0.463 e. The SMILES string of the molecule is CN1c2cc(CBr)ccc2C(C)(C)C12C=CC1=C(O2)C(CCl)=CC(O)C1. The van der Waals surface area contributed by atoms with Gasteiger partial charge in [0.25, 0.3) is 0 Å². The molecule has 1 spiro atoms. The molecule has 1 aromatic carbocycles. The Balaban J connectivity index is 1.82. The summed E-state index contributed by atoms with van der Waals surface area (Å²) in [7, 11) is 2.09. The highest BCUT2D eigenvalue weighted by Gasteiger charge is 2.58. The summed E-state index contributed by atoms with van der Waals surface area (Å²) in [5.74, 6) is 1.14. The fraction of sp³-hybridized carbons (Fsp3) is 0.429. The van der Waals surface area contributed by atoms with Crippen LogP contribution >= 0.6 is 27.5 Å². The lowest BCUT2D eigenvalue weighted by molar-refractivity contribution is -0.00475. The van der Waals surface area contributed by atoms with Gasteiger partial charge in [-0.25, -0.2) is 0 Å². The number of ether oxygens (including phenoxy) is 1. The van der Waals surface area contributed by atoms with Crippen molar-refractivity contribution >= 4 is 33.2 Å². The molecule has 3 nitrogen and oxygen atoms in total. The molecule has 0 saturated heterocycles. The molecule has 0 bridgehead atoms. The minimum atomic E-state index is -0.619. The summed E-state index contributed by atoms with van der Waals surface area (Å²) in [5.41, 5.74) is 4.72. The first-order valence-electron chi connectivity index (χ1n) is 8.84. The van der Waals surface area contributed by atoms with E-state index in [4.69, 9.17) is 16.3 Å². The van der Waals surface area contributed by atoms with Crippen molar-refractivity contribution in [3.05, 3.63) is 64.5 Å². The Kier molecular flexibility index (Phi) is 4.29. The first kappa shape index (κ1) is 18.1. The summed E-state index contributed by atoms with van der Waals surface area (Å²) in [6.45, 7) is 4.45. The predicted octanol–water partition coefficient (Wildman–Crippen LogP) is 4.78. The number of alkyl halides is 2. The quantitative estimate of drug-likeness (QED) is 0.678. The van der Waals surface area contributed by atoms with Gasteiger partial charge in [-0.15, -0.1) is 11.6 Å². The van der Waals surface area contributed by atoms with Gasteiger partial charge in [0.1, 0.15) is 5.76 Å². The maximum Gasteiger partial charge on any atom is 0.211 e. The minimum Gasteiger partial charge on any atom is -0.463 e. The van der Waals surface area contributed by atoms with Crippen LogP contribution in [0.2, 0.25) is 0 Å². The summed E-state index contributed by atoms with van der Waals surface area (Å²) in [4.78, 5) is 2.23. The lowest BCUT2D eigenvalue weighted by Gasteiger charge is -2.47. The highest BCUT2D eigenvalue weighted by molar-refractivity contribution is 9.08. The van der Waals surface area contributed by atoms with E-state index in [1.807, 2.05) is 6.08 Å². The molecule has 1 aromatic rings. The molecule has 0 amide bonds. The molecule has 0 saturated carbocycles. The van der Waals surface area contributed by atoms with Crippen molar-refractivity contribution in [3.8, 4) is 0 Å². The molecular weight excluding hydrogens is 414 g/mol. The molecule has 26 heavy (non-hydrogen) atoms. The third kappa shape index (κ3) is 2.35. The van der Waals surface area contributed by atoms with E-state index < -0.39 is 11.8 Å². The summed E-state index contributed by atoms with van der Waals surface area (Å²) in [6, 6.07) is 6.60. The number of anilines is 1. The average molecular weight is 437 g/mol. The van der Waals surface area contributed by atoms with Crippen molar-refractivity contribution in [2.75, 3.05) is 17.8 Å². The Bertz CT molecular complexity index is 858. The smallest absolute Gasteiger partial charge is 0.211 e. The van der Waals surface area contributed by atoms with Crippen LogP contribution < -0.4 is 4.90 Å². The number of aliphatic hydroxyl groups excluding tert-OH is 1. The molecule has 1 aliphatic carbocycles. The van der Waals surface area contributed by atoms with E-state index in [0.29, 0.717) is 12.3 Å². The van der Waals surface area contributed by atoms with E-state index in [9.17, 15) is 5.11 Å². The average Bonchev–Trinajstić information content (AvgIpc) is 2.79. The van der Waals surface area contributed by atoms with Crippen LogP contribution in [0.1, 0.15) is 31.4 Å². The molecule has 0 fully saturated rings. The van der Waals surface area contributed by atoms with Crippen LogP contribution in [0.5, 0.6) is 0 Å².